The average Bonchev–Trinajstić information content (AvgIpc) is 3.39. The Kier molecular flexibility index (Phi) is 5.88. The second-order valence-electron chi connectivity index (χ2n) is 8.70. The van der Waals surface area contributed by atoms with Gasteiger partial charge in [-0.2, -0.15) is 5.26 Å². The van der Waals surface area contributed by atoms with Gasteiger partial charge in [0.05, 0.1) is 34.9 Å². The van der Waals surface area contributed by atoms with Gasteiger partial charge in [-0.05, 0) is 49.1 Å². The molecule has 34 heavy (non-hydrogen) atoms. The van der Waals surface area contributed by atoms with E-state index in [1.165, 1.54) is 18.5 Å². The molecular formula is C25H22ClFN4O3. The number of aromatic nitrogens is 1. The monoisotopic (exact) mass is 480 g/mol. The van der Waals surface area contributed by atoms with E-state index in [0.29, 0.717) is 66.7 Å². The fourth-order valence-electron chi connectivity index (χ4n) is 4.54. The molecule has 1 N–H and O–H groups in total. The van der Waals surface area contributed by atoms with Crippen molar-refractivity contribution in [3.05, 3.63) is 65.4 Å². The van der Waals surface area contributed by atoms with Crippen molar-refractivity contribution in [1.82, 2.24) is 9.88 Å². The van der Waals surface area contributed by atoms with Crippen molar-refractivity contribution in [3.8, 4) is 23.1 Å². The van der Waals surface area contributed by atoms with Gasteiger partial charge in [0.1, 0.15) is 11.6 Å². The largest absolute Gasteiger partial charge is 0.477 e. The molecule has 2 aromatic carbocycles. The Labute approximate surface area is 201 Å². The summed E-state index contributed by atoms with van der Waals surface area (Å²) in [5, 5.41) is 13.6. The number of nitrogens with one attached hydrogen (secondary N) is 1. The van der Waals surface area contributed by atoms with E-state index < -0.39 is 11.5 Å². The van der Waals surface area contributed by atoms with Crippen LogP contribution in [0.15, 0.2) is 53.4 Å². The normalized spacial score (nSPS) is 18.9. The average molecular weight is 481 g/mol. The third-order valence-corrected chi connectivity index (χ3v) is 6.83. The molecule has 0 bridgehead atoms. The van der Waals surface area contributed by atoms with Crippen LogP contribution < -0.4 is 10.1 Å². The fourth-order valence-corrected chi connectivity index (χ4v) is 4.80. The highest BCUT2D eigenvalue weighted by Gasteiger charge is 2.39. The molecular weight excluding hydrogens is 459 g/mol. The minimum Gasteiger partial charge on any atom is -0.477 e. The lowest BCUT2D eigenvalue weighted by molar-refractivity contribution is -0.140. The summed E-state index contributed by atoms with van der Waals surface area (Å²) in [7, 11) is 0. The number of oxazole rings is 1. The van der Waals surface area contributed by atoms with E-state index in [1.54, 1.807) is 35.4 Å². The smallest absolute Gasteiger partial charge is 0.265 e. The molecule has 3 aromatic rings. The second kappa shape index (κ2) is 8.99. The first kappa shape index (κ1) is 22.2. The number of piperidine rings is 1. The lowest BCUT2D eigenvalue weighted by atomic mass is 9.75. The standard InChI is InChI=1S/C25H22ClFN4O3/c26-19-10-20-21(9-18(19)22-12-29-15-33-22)34-23(13-30-20)24(32)31-7-5-25(14-28,6-8-31)11-16-1-3-17(27)4-2-16/h1-4,9-10,12,15,23,30H,5-8,11,13H2. The van der Waals surface area contributed by atoms with Crippen LogP contribution in [0.1, 0.15) is 18.4 Å². The predicted octanol–water partition coefficient (Wildman–Crippen LogP) is 4.68. The number of anilines is 1. The van der Waals surface area contributed by atoms with Gasteiger partial charge in [-0.15, -0.1) is 0 Å². The SMILES string of the molecule is N#CC1(Cc2ccc(F)cc2)CCN(C(=O)C2CNc3cc(Cl)c(-c4cnco4)cc3O2)CC1. The highest BCUT2D eigenvalue weighted by molar-refractivity contribution is 6.33. The Bertz CT molecular complexity index is 1230. The molecule has 3 heterocycles. The quantitative estimate of drug-likeness (QED) is 0.583. The number of nitrogens with zero attached hydrogens (tertiary/aromatic N) is 3. The summed E-state index contributed by atoms with van der Waals surface area (Å²) in [4.78, 5) is 18.9. The Morgan fingerprint density at radius 1 is 1.29 bits per heavy atom. The molecule has 0 saturated carbocycles. The first-order valence-electron chi connectivity index (χ1n) is 11.0. The van der Waals surface area contributed by atoms with Gasteiger partial charge < -0.3 is 19.4 Å². The van der Waals surface area contributed by atoms with Crippen molar-refractivity contribution in [2.75, 3.05) is 25.0 Å². The molecule has 5 rings (SSSR count). The number of rotatable bonds is 4. The molecule has 0 spiro atoms. The maximum atomic E-state index is 13.2. The van der Waals surface area contributed by atoms with E-state index in [0.717, 1.165) is 5.56 Å². The Hall–Kier alpha value is -3.57. The summed E-state index contributed by atoms with van der Waals surface area (Å²) < 4.78 is 24.6. The number of carbonyl (C=O) groups is 1. The minimum absolute atomic E-state index is 0.123. The van der Waals surface area contributed by atoms with Crippen molar-refractivity contribution < 1.29 is 18.3 Å². The number of carbonyl (C=O) groups excluding carboxylic acids is 1. The van der Waals surface area contributed by atoms with Gasteiger partial charge in [-0.25, -0.2) is 9.37 Å². The molecule has 1 saturated heterocycles. The number of hydrogen-bond donors (Lipinski definition) is 1. The van der Waals surface area contributed by atoms with E-state index in [1.807, 2.05) is 0 Å². The van der Waals surface area contributed by atoms with E-state index in [9.17, 15) is 14.4 Å². The Balaban J connectivity index is 1.25. The highest BCUT2D eigenvalue weighted by Crippen LogP contribution is 2.40. The van der Waals surface area contributed by atoms with Crippen LogP contribution in [0.5, 0.6) is 5.75 Å². The van der Waals surface area contributed by atoms with Crippen LogP contribution in [0.4, 0.5) is 10.1 Å². The number of amides is 1. The lowest BCUT2D eigenvalue weighted by Gasteiger charge is -2.39. The summed E-state index contributed by atoms with van der Waals surface area (Å²) in [5.41, 5.74) is 1.68. The van der Waals surface area contributed by atoms with Crippen molar-refractivity contribution in [2.24, 2.45) is 5.41 Å². The van der Waals surface area contributed by atoms with E-state index in [4.69, 9.17) is 20.8 Å². The van der Waals surface area contributed by atoms with E-state index in [2.05, 4.69) is 16.4 Å². The lowest BCUT2D eigenvalue weighted by Crippen LogP contribution is -2.51. The van der Waals surface area contributed by atoms with Gasteiger partial charge >= 0.3 is 0 Å². The molecule has 2 aliphatic rings. The highest BCUT2D eigenvalue weighted by atomic mass is 35.5. The zero-order valence-electron chi connectivity index (χ0n) is 18.3. The summed E-state index contributed by atoms with van der Waals surface area (Å²) in [6.45, 7) is 1.24. The first-order valence-corrected chi connectivity index (χ1v) is 11.4. The maximum absolute atomic E-state index is 13.2. The van der Waals surface area contributed by atoms with E-state index >= 15 is 0 Å². The molecule has 0 radical (unpaired) electrons. The summed E-state index contributed by atoms with van der Waals surface area (Å²) in [6, 6.07) is 12.2. The number of nitriles is 1. The molecule has 1 unspecified atom stereocenters. The van der Waals surface area contributed by atoms with Crippen LogP contribution >= 0.6 is 11.6 Å². The molecule has 1 amide bonds. The minimum atomic E-state index is -0.692. The molecule has 2 aliphatic heterocycles. The second-order valence-corrected chi connectivity index (χ2v) is 9.11. The van der Waals surface area contributed by atoms with Crippen molar-refractivity contribution in [1.29, 1.82) is 5.26 Å². The number of likely N-dealkylation sites (tertiary alicyclic amines) is 1. The third-order valence-electron chi connectivity index (χ3n) is 6.51. The molecule has 1 fully saturated rings. The fraction of sp³-hybridized carbons (Fsp3) is 0.320. The van der Waals surface area contributed by atoms with Gasteiger partial charge in [0.25, 0.3) is 5.91 Å². The number of benzene rings is 2. The number of halogens is 2. The van der Waals surface area contributed by atoms with Crippen molar-refractivity contribution in [2.45, 2.75) is 25.4 Å². The van der Waals surface area contributed by atoms with Gasteiger partial charge in [0.15, 0.2) is 18.3 Å². The maximum Gasteiger partial charge on any atom is 0.265 e. The number of ether oxygens (including phenoxy) is 1. The van der Waals surface area contributed by atoms with Crippen LogP contribution in [0, 0.1) is 22.6 Å². The predicted molar refractivity (Wildman–Crippen MR) is 124 cm³/mol. The number of hydrogen-bond acceptors (Lipinski definition) is 6. The summed E-state index contributed by atoms with van der Waals surface area (Å²) in [6.07, 6.45) is 3.83. The van der Waals surface area contributed by atoms with Crippen LogP contribution in [0.3, 0.4) is 0 Å². The number of fused-ring (bicyclic) bond motifs is 1. The zero-order chi connectivity index (χ0) is 23.7. The van der Waals surface area contributed by atoms with Gasteiger partial charge in [-0.3, -0.25) is 4.79 Å². The third kappa shape index (κ3) is 4.31. The van der Waals surface area contributed by atoms with Crippen molar-refractivity contribution in [3.63, 3.8) is 0 Å². The van der Waals surface area contributed by atoms with Crippen LogP contribution in [-0.2, 0) is 11.2 Å². The molecule has 174 valence electrons. The van der Waals surface area contributed by atoms with E-state index in [-0.39, 0.29) is 11.7 Å². The molecule has 1 aromatic heterocycles. The first-order chi connectivity index (χ1) is 16.5. The van der Waals surface area contributed by atoms with Crippen LogP contribution in [0.25, 0.3) is 11.3 Å². The van der Waals surface area contributed by atoms with Gasteiger partial charge in [-0.1, -0.05) is 23.7 Å². The zero-order valence-corrected chi connectivity index (χ0v) is 19.0. The summed E-state index contributed by atoms with van der Waals surface area (Å²) >= 11 is 6.38. The van der Waals surface area contributed by atoms with Gasteiger partial charge in [0, 0.05) is 18.7 Å². The van der Waals surface area contributed by atoms with Crippen LogP contribution in [0.2, 0.25) is 5.02 Å². The molecule has 1 atom stereocenters. The van der Waals surface area contributed by atoms with Gasteiger partial charge in [0.2, 0.25) is 0 Å². The van der Waals surface area contributed by atoms with Crippen molar-refractivity contribution >= 4 is 23.2 Å². The molecule has 9 heteroatoms. The Morgan fingerprint density at radius 3 is 2.74 bits per heavy atom. The van der Waals surface area contributed by atoms with Crippen LogP contribution in [-0.4, -0.2) is 41.5 Å². The summed E-state index contributed by atoms with van der Waals surface area (Å²) in [5.74, 6) is 0.602. The molecule has 0 aliphatic carbocycles. The molecule has 7 nitrogen and oxygen atoms in total. The topological polar surface area (TPSA) is 91.4 Å². The Morgan fingerprint density at radius 2 is 2.06 bits per heavy atom.